The van der Waals surface area contributed by atoms with Gasteiger partial charge in [-0.25, -0.2) is 0 Å². The molecule has 2 nitrogen and oxygen atoms in total. The summed E-state index contributed by atoms with van der Waals surface area (Å²) in [6.07, 6.45) is 2.41. The van der Waals surface area contributed by atoms with Crippen LogP contribution >= 0.6 is 0 Å². The summed E-state index contributed by atoms with van der Waals surface area (Å²) in [5.74, 6) is 1.34. The van der Waals surface area contributed by atoms with Crippen molar-refractivity contribution in [3.63, 3.8) is 0 Å². The molecule has 0 unspecified atom stereocenters. The van der Waals surface area contributed by atoms with E-state index in [1.54, 1.807) is 0 Å². The summed E-state index contributed by atoms with van der Waals surface area (Å²) in [6.45, 7) is 0.857. The summed E-state index contributed by atoms with van der Waals surface area (Å²) in [5.41, 5.74) is 1.28. The van der Waals surface area contributed by atoms with Gasteiger partial charge in [0.25, 0.3) is 0 Å². The first-order valence-corrected chi connectivity index (χ1v) is 5.11. The van der Waals surface area contributed by atoms with Gasteiger partial charge in [-0.1, -0.05) is 30.3 Å². The van der Waals surface area contributed by atoms with E-state index in [1.165, 1.54) is 18.4 Å². The second kappa shape index (κ2) is 3.82. The molecule has 0 aromatic heterocycles. The molecule has 2 rings (SSSR count). The Morgan fingerprint density at radius 2 is 2.00 bits per heavy atom. The van der Waals surface area contributed by atoms with Gasteiger partial charge in [0.1, 0.15) is 0 Å². The number of hydrogen-bond acceptors (Lipinski definition) is 1. The van der Waals surface area contributed by atoms with E-state index >= 15 is 0 Å². The maximum absolute atomic E-state index is 7.89. The molecule has 74 valence electrons. The smallest absolute Gasteiger partial charge is 0.0989 e. The monoisotopic (exact) mass is 188 g/mol. The standard InChI is InChI=1S/C12H16N2/c1-14(12(13)11-7-8-11)9-10-5-3-2-4-6-10/h2-6,11,13H,7-9H2,1H3. The molecule has 0 amide bonds. The molecule has 0 atom stereocenters. The van der Waals surface area contributed by atoms with Gasteiger partial charge in [-0.2, -0.15) is 0 Å². The zero-order chi connectivity index (χ0) is 9.97. The fraction of sp³-hybridized carbons (Fsp3) is 0.417. The molecule has 0 heterocycles. The van der Waals surface area contributed by atoms with Gasteiger partial charge in [0, 0.05) is 19.5 Å². The summed E-state index contributed by atoms with van der Waals surface area (Å²) in [4.78, 5) is 2.05. The second-order valence-electron chi connectivity index (χ2n) is 4.00. The summed E-state index contributed by atoms with van der Waals surface area (Å²) < 4.78 is 0. The fourth-order valence-electron chi connectivity index (χ4n) is 1.61. The van der Waals surface area contributed by atoms with E-state index < -0.39 is 0 Å². The Morgan fingerprint density at radius 3 is 2.57 bits per heavy atom. The molecule has 1 aliphatic carbocycles. The third-order valence-electron chi connectivity index (χ3n) is 2.64. The Labute approximate surface area is 85.1 Å². The minimum Gasteiger partial charge on any atom is -0.359 e. The second-order valence-corrected chi connectivity index (χ2v) is 4.00. The van der Waals surface area contributed by atoms with E-state index in [0.717, 1.165) is 12.4 Å². The van der Waals surface area contributed by atoms with Crippen LogP contribution in [0.15, 0.2) is 30.3 Å². The van der Waals surface area contributed by atoms with Gasteiger partial charge < -0.3 is 4.90 Å². The highest BCUT2D eigenvalue weighted by Crippen LogP contribution is 2.31. The molecule has 14 heavy (non-hydrogen) atoms. The summed E-state index contributed by atoms with van der Waals surface area (Å²) in [5, 5.41) is 7.89. The summed E-state index contributed by atoms with van der Waals surface area (Å²) in [6, 6.07) is 10.3. The molecular weight excluding hydrogens is 172 g/mol. The molecule has 2 heteroatoms. The quantitative estimate of drug-likeness (QED) is 0.572. The first-order valence-electron chi connectivity index (χ1n) is 5.11. The lowest BCUT2D eigenvalue weighted by Gasteiger charge is -2.19. The van der Waals surface area contributed by atoms with Crippen molar-refractivity contribution in [1.29, 1.82) is 5.41 Å². The lowest BCUT2D eigenvalue weighted by atomic mass is 10.2. The molecule has 1 aromatic rings. The summed E-state index contributed by atoms with van der Waals surface area (Å²) in [7, 11) is 2.01. The highest BCUT2D eigenvalue weighted by Gasteiger charge is 2.28. The van der Waals surface area contributed by atoms with E-state index in [-0.39, 0.29) is 0 Å². The molecule has 1 aliphatic rings. The maximum atomic E-state index is 7.89. The van der Waals surface area contributed by atoms with Gasteiger partial charge in [-0.05, 0) is 18.4 Å². The van der Waals surface area contributed by atoms with Crippen LogP contribution in [-0.4, -0.2) is 17.8 Å². The van der Waals surface area contributed by atoms with Crippen molar-refractivity contribution in [2.75, 3.05) is 7.05 Å². The molecule has 0 radical (unpaired) electrons. The van der Waals surface area contributed by atoms with Gasteiger partial charge in [-0.3, -0.25) is 5.41 Å². The summed E-state index contributed by atoms with van der Waals surface area (Å²) >= 11 is 0. The Balaban J connectivity index is 1.93. The van der Waals surface area contributed by atoms with E-state index in [1.807, 2.05) is 30.1 Å². The Kier molecular flexibility index (Phi) is 2.53. The van der Waals surface area contributed by atoms with Crippen molar-refractivity contribution in [2.24, 2.45) is 5.92 Å². The van der Waals surface area contributed by atoms with Crippen molar-refractivity contribution in [3.8, 4) is 0 Å². The number of amidine groups is 1. The number of hydrogen-bond donors (Lipinski definition) is 1. The highest BCUT2D eigenvalue weighted by molar-refractivity contribution is 5.83. The van der Waals surface area contributed by atoms with E-state index in [4.69, 9.17) is 5.41 Å². The van der Waals surface area contributed by atoms with Crippen molar-refractivity contribution in [1.82, 2.24) is 4.90 Å². The molecule has 1 N–H and O–H groups in total. The Bertz CT molecular complexity index is 314. The van der Waals surface area contributed by atoms with Crippen LogP contribution in [0.4, 0.5) is 0 Å². The van der Waals surface area contributed by atoms with Crippen LogP contribution in [0, 0.1) is 11.3 Å². The predicted octanol–water partition coefficient (Wildman–Crippen LogP) is 2.51. The van der Waals surface area contributed by atoms with Gasteiger partial charge in [-0.15, -0.1) is 0 Å². The third-order valence-corrected chi connectivity index (χ3v) is 2.64. The Hall–Kier alpha value is -1.31. The maximum Gasteiger partial charge on any atom is 0.0989 e. The molecule has 1 saturated carbocycles. The number of benzene rings is 1. The molecule has 0 bridgehead atoms. The van der Waals surface area contributed by atoms with Crippen LogP contribution in [0.5, 0.6) is 0 Å². The third kappa shape index (κ3) is 2.13. The topological polar surface area (TPSA) is 27.1 Å². The molecule has 0 spiro atoms. The van der Waals surface area contributed by atoms with E-state index in [9.17, 15) is 0 Å². The highest BCUT2D eigenvalue weighted by atomic mass is 15.1. The van der Waals surface area contributed by atoms with Gasteiger partial charge in [0.15, 0.2) is 0 Å². The van der Waals surface area contributed by atoms with Crippen molar-refractivity contribution in [3.05, 3.63) is 35.9 Å². The first-order chi connectivity index (χ1) is 6.77. The fourth-order valence-corrected chi connectivity index (χ4v) is 1.61. The zero-order valence-electron chi connectivity index (χ0n) is 8.53. The van der Waals surface area contributed by atoms with Crippen LogP contribution in [0.1, 0.15) is 18.4 Å². The van der Waals surface area contributed by atoms with Gasteiger partial charge >= 0.3 is 0 Å². The van der Waals surface area contributed by atoms with Crippen LogP contribution in [-0.2, 0) is 6.54 Å². The van der Waals surface area contributed by atoms with Gasteiger partial charge in [0.2, 0.25) is 0 Å². The molecule has 1 aromatic carbocycles. The van der Waals surface area contributed by atoms with Crippen LogP contribution in [0.3, 0.4) is 0 Å². The SMILES string of the molecule is CN(Cc1ccccc1)C(=N)C1CC1. The van der Waals surface area contributed by atoms with Crippen molar-refractivity contribution < 1.29 is 0 Å². The number of nitrogens with zero attached hydrogens (tertiary/aromatic N) is 1. The zero-order valence-corrected chi connectivity index (χ0v) is 8.53. The molecule has 1 fully saturated rings. The molecule has 0 saturated heterocycles. The Morgan fingerprint density at radius 1 is 1.36 bits per heavy atom. The van der Waals surface area contributed by atoms with Crippen molar-refractivity contribution >= 4 is 5.84 Å². The molecular formula is C12H16N2. The lowest BCUT2D eigenvalue weighted by Crippen LogP contribution is -2.26. The average Bonchev–Trinajstić information content (AvgIpc) is 3.01. The van der Waals surface area contributed by atoms with Crippen molar-refractivity contribution in [2.45, 2.75) is 19.4 Å². The van der Waals surface area contributed by atoms with Crippen LogP contribution < -0.4 is 0 Å². The minimum absolute atomic E-state index is 0.545. The number of nitrogens with one attached hydrogen (secondary N) is 1. The van der Waals surface area contributed by atoms with E-state index in [0.29, 0.717) is 5.92 Å². The van der Waals surface area contributed by atoms with Gasteiger partial charge in [0.05, 0.1) is 5.84 Å². The predicted molar refractivity (Wildman–Crippen MR) is 58.4 cm³/mol. The first kappa shape index (κ1) is 9.25. The van der Waals surface area contributed by atoms with Crippen LogP contribution in [0.25, 0.3) is 0 Å². The number of rotatable bonds is 3. The lowest BCUT2D eigenvalue weighted by molar-refractivity contribution is 0.481. The largest absolute Gasteiger partial charge is 0.359 e. The average molecular weight is 188 g/mol. The minimum atomic E-state index is 0.545. The molecule has 0 aliphatic heterocycles. The van der Waals surface area contributed by atoms with Crippen LogP contribution in [0.2, 0.25) is 0 Å². The normalized spacial score (nSPS) is 15.2. The van der Waals surface area contributed by atoms with E-state index in [2.05, 4.69) is 12.1 Å².